The first-order valence-corrected chi connectivity index (χ1v) is 11.3. The number of nitriles is 1. The molecule has 1 aromatic heterocycles. The van der Waals surface area contributed by atoms with Crippen LogP contribution in [0.3, 0.4) is 0 Å². The molecule has 0 spiro atoms. The second kappa shape index (κ2) is 8.68. The van der Waals surface area contributed by atoms with E-state index in [1.165, 1.54) is 6.92 Å². The Hall–Kier alpha value is -3.69. The number of carbonyl (C=O) groups excluding carboxylic acids is 1. The average molecular weight is 439 g/mol. The van der Waals surface area contributed by atoms with Crippen molar-refractivity contribution in [3.05, 3.63) is 87.8 Å². The van der Waals surface area contributed by atoms with E-state index in [0.29, 0.717) is 11.5 Å². The van der Waals surface area contributed by atoms with Crippen molar-refractivity contribution in [2.24, 2.45) is 5.92 Å². The average Bonchev–Trinajstić information content (AvgIpc) is 2.80. The minimum absolute atomic E-state index is 0.0634. The van der Waals surface area contributed by atoms with Gasteiger partial charge in [0.05, 0.1) is 11.6 Å². The predicted octanol–water partition coefficient (Wildman–Crippen LogP) is 3.96. The molecule has 3 heterocycles. The van der Waals surface area contributed by atoms with Crippen LogP contribution in [0.1, 0.15) is 36.1 Å². The largest absolute Gasteiger partial charge is 0.326 e. The van der Waals surface area contributed by atoms with E-state index in [1.54, 1.807) is 6.07 Å². The van der Waals surface area contributed by atoms with Crippen molar-refractivity contribution < 1.29 is 4.79 Å². The summed E-state index contributed by atoms with van der Waals surface area (Å²) in [7, 11) is 0. The van der Waals surface area contributed by atoms with Crippen LogP contribution in [0.5, 0.6) is 0 Å². The fraction of sp³-hybridized carbons (Fsp3) is 0.296. The number of amides is 1. The van der Waals surface area contributed by atoms with E-state index in [0.717, 1.165) is 60.7 Å². The summed E-state index contributed by atoms with van der Waals surface area (Å²) >= 11 is 0. The maximum Gasteiger partial charge on any atom is 0.250 e. The summed E-state index contributed by atoms with van der Waals surface area (Å²) in [6, 6.07) is 21.5. The van der Waals surface area contributed by atoms with E-state index >= 15 is 0 Å². The van der Waals surface area contributed by atoms with Crippen LogP contribution in [0.15, 0.2) is 65.5 Å². The van der Waals surface area contributed by atoms with Crippen LogP contribution in [0.4, 0.5) is 5.69 Å². The highest BCUT2D eigenvalue weighted by atomic mass is 16.1. The third-order valence-electron chi connectivity index (χ3n) is 6.64. The molecule has 2 aliphatic rings. The van der Waals surface area contributed by atoms with Gasteiger partial charge in [-0.3, -0.25) is 14.5 Å². The van der Waals surface area contributed by atoms with Gasteiger partial charge in [0, 0.05) is 62.0 Å². The molecule has 1 fully saturated rings. The molecule has 5 rings (SSSR count). The number of rotatable bonds is 4. The van der Waals surface area contributed by atoms with Crippen LogP contribution in [-0.4, -0.2) is 28.5 Å². The maximum atomic E-state index is 12.8. The molecule has 0 aliphatic carbocycles. The van der Waals surface area contributed by atoms with Gasteiger partial charge in [-0.1, -0.05) is 24.3 Å². The van der Waals surface area contributed by atoms with Crippen molar-refractivity contribution in [2.75, 3.05) is 18.4 Å². The topological polar surface area (TPSA) is 78.1 Å². The minimum atomic E-state index is -0.0972. The van der Waals surface area contributed by atoms with E-state index in [1.807, 2.05) is 53.1 Å². The summed E-state index contributed by atoms with van der Waals surface area (Å²) in [5, 5.41) is 12.0. The summed E-state index contributed by atoms with van der Waals surface area (Å²) in [5.41, 5.74) is 5.90. The highest BCUT2D eigenvalue weighted by Crippen LogP contribution is 2.40. The Bertz CT molecular complexity index is 1300. The Morgan fingerprint density at radius 1 is 1.09 bits per heavy atom. The molecular formula is C27H26N4O2. The van der Waals surface area contributed by atoms with Crippen LogP contribution in [0.25, 0.3) is 11.1 Å². The number of piperidine rings is 1. The standard InChI is InChI=1S/C27H26N4O2/c1-18(32)29-24-7-5-22(6-8-24)25-9-10-26(33)31-16-21-12-23(27(25)31)17-30(15-21)14-20-4-2-3-19(11-20)13-28/h2-11,21,23H,12,14-17H2,1H3,(H,29,32)/t21-,23+/m0/s1. The zero-order valence-corrected chi connectivity index (χ0v) is 18.6. The first kappa shape index (κ1) is 21.2. The molecule has 6 heteroatoms. The van der Waals surface area contributed by atoms with Gasteiger partial charge in [-0.2, -0.15) is 5.26 Å². The Labute approximate surface area is 193 Å². The number of nitrogens with zero attached hydrogens (tertiary/aromatic N) is 3. The van der Waals surface area contributed by atoms with E-state index in [9.17, 15) is 14.9 Å². The monoisotopic (exact) mass is 438 g/mol. The first-order valence-electron chi connectivity index (χ1n) is 11.3. The smallest absolute Gasteiger partial charge is 0.250 e. The molecule has 2 atom stereocenters. The highest BCUT2D eigenvalue weighted by molar-refractivity contribution is 5.89. The van der Waals surface area contributed by atoms with Gasteiger partial charge in [0.15, 0.2) is 0 Å². The molecule has 6 nitrogen and oxygen atoms in total. The molecule has 0 unspecified atom stereocenters. The van der Waals surface area contributed by atoms with Crippen molar-refractivity contribution in [2.45, 2.75) is 32.4 Å². The van der Waals surface area contributed by atoms with E-state index in [4.69, 9.17) is 0 Å². The fourth-order valence-corrected chi connectivity index (χ4v) is 5.42. The lowest BCUT2D eigenvalue weighted by molar-refractivity contribution is -0.114. The number of anilines is 1. The number of carbonyl (C=O) groups is 1. The van der Waals surface area contributed by atoms with Crippen molar-refractivity contribution in [3.8, 4) is 17.2 Å². The number of hydrogen-bond acceptors (Lipinski definition) is 4. The van der Waals surface area contributed by atoms with Gasteiger partial charge in [0.25, 0.3) is 5.56 Å². The molecule has 2 bridgehead atoms. The minimum Gasteiger partial charge on any atom is -0.326 e. The second-order valence-electron chi connectivity index (χ2n) is 9.14. The number of pyridine rings is 1. The number of hydrogen-bond donors (Lipinski definition) is 1. The highest BCUT2D eigenvalue weighted by Gasteiger charge is 2.36. The fourth-order valence-electron chi connectivity index (χ4n) is 5.42. The molecular weight excluding hydrogens is 412 g/mol. The number of aromatic nitrogens is 1. The summed E-state index contributed by atoms with van der Waals surface area (Å²) in [5.74, 6) is 0.612. The molecule has 33 heavy (non-hydrogen) atoms. The lowest BCUT2D eigenvalue weighted by Crippen LogP contribution is -2.47. The quantitative estimate of drug-likeness (QED) is 0.669. The summed E-state index contributed by atoms with van der Waals surface area (Å²) in [6.45, 7) is 4.87. The third-order valence-corrected chi connectivity index (χ3v) is 6.64. The van der Waals surface area contributed by atoms with Gasteiger partial charge >= 0.3 is 0 Å². The Balaban J connectivity index is 1.45. The molecule has 3 aromatic rings. The molecule has 2 aromatic carbocycles. The van der Waals surface area contributed by atoms with Crippen LogP contribution in [-0.2, 0) is 17.9 Å². The maximum absolute atomic E-state index is 12.8. The zero-order valence-electron chi connectivity index (χ0n) is 18.6. The molecule has 166 valence electrons. The van der Waals surface area contributed by atoms with Gasteiger partial charge in [-0.25, -0.2) is 0 Å². The van der Waals surface area contributed by atoms with Gasteiger partial charge in [0.1, 0.15) is 0 Å². The van der Waals surface area contributed by atoms with Crippen molar-refractivity contribution in [1.29, 1.82) is 5.26 Å². The Morgan fingerprint density at radius 3 is 2.67 bits per heavy atom. The summed E-state index contributed by atoms with van der Waals surface area (Å²) in [4.78, 5) is 26.6. The van der Waals surface area contributed by atoms with Crippen LogP contribution < -0.4 is 10.9 Å². The predicted molar refractivity (Wildman–Crippen MR) is 128 cm³/mol. The number of likely N-dealkylation sites (tertiary alicyclic amines) is 1. The molecule has 1 amide bonds. The van der Waals surface area contributed by atoms with Gasteiger partial charge in [-0.05, 0) is 53.8 Å². The lowest BCUT2D eigenvalue weighted by Gasteiger charge is -2.43. The molecule has 2 aliphatic heterocycles. The van der Waals surface area contributed by atoms with Crippen molar-refractivity contribution in [3.63, 3.8) is 0 Å². The third kappa shape index (κ3) is 4.33. The summed E-state index contributed by atoms with van der Waals surface area (Å²) in [6.07, 6.45) is 1.08. The SMILES string of the molecule is CC(=O)Nc1ccc(-c2ccc(=O)n3c2[C@@H]2C[C@@H](CN(Cc4cccc(C#N)c4)C2)C3)cc1. The van der Waals surface area contributed by atoms with Crippen LogP contribution in [0, 0.1) is 17.2 Å². The van der Waals surface area contributed by atoms with E-state index < -0.39 is 0 Å². The van der Waals surface area contributed by atoms with Gasteiger partial charge in [0.2, 0.25) is 5.91 Å². The van der Waals surface area contributed by atoms with Crippen LogP contribution >= 0.6 is 0 Å². The second-order valence-corrected chi connectivity index (χ2v) is 9.14. The van der Waals surface area contributed by atoms with Gasteiger partial charge < -0.3 is 9.88 Å². The molecule has 1 N–H and O–H groups in total. The number of fused-ring (bicyclic) bond motifs is 4. The Morgan fingerprint density at radius 2 is 1.91 bits per heavy atom. The summed E-state index contributed by atoms with van der Waals surface area (Å²) < 4.78 is 1.98. The molecule has 0 saturated carbocycles. The Kier molecular flexibility index (Phi) is 5.57. The molecule has 1 saturated heterocycles. The number of nitrogens with one attached hydrogen (secondary N) is 1. The molecule has 0 radical (unpaired) electrons. The van der Waals surface area contributed by atoms with Crippen molar-refractivity contribution >= 4 is 11.6 Å². The van der Waals surface area contributed by atoms with Crippen LogP contribution in [0.2, 0.25) is 0 Å². The first-order chi connectivity index (χ1) is 16.0. The van der Waals surface area contributed by atoms with Crippen molar-refractivity contribution in [1.82, 2.24) is 9.47 Å². The lowest BCUT2D eigenvalue weighted by atomic mass is 9.80. The number of benzene rings is 2. The normalized spacial score (nSPS) is 19.4. The van der Waals surface area contributed by atoms with E-state index in [2.05, 4.69) is 22.4 Å². The van der Waals surface area contributed by atoms with E-state index in [-0.39, 0.29) is 17.4 Å². The zero-order chi connectivity index (χ0) is 22.9. The van der Waals surface area contributed by atoms with Gasteiger partial charge in [-0.15, -0.1) is 0 Å².